The number of methoxy groups -OCH3 is 1. The number of ketones is 1. The molecule has 2 heterocycles. The summed E-state index contributed by atoms with van der Waals surface area (Å²) in [4.78, 5) is 42.2. The number of ether oxygens (including phenoxy) is 2. The molecule has 9 heteroatoms. The van der Waals surface area contributed by atoms with Crippen LogP contribution in [0, 0.1) is 11.8 Å². The van der Waals surface area contributed by atoms with E-state index in [-0.39, 0.29) is 35.2 Å². The average molecular weight is 519 g/mol. The van der Waals surface area contributed by atoms with Gasteiger partial charge in [-0.15, -0.1) is 0 Å². The minimum atomic E-state index is -1.41. The zero-order valence-electron chi connectivity index (χ0n) is 21.1. The van der Waals surface area contributed by atoms with E-state index in [0.717, 1.165) is 17.7 Å². The summed E-state index contributed by atoms with van der Waals surface area (Å²) < 4.78 is 11.0. The summed E-state index contributed by atoms with van der Waals surface area (Å²) in [5.41, 5.74) is -0.301. The molecule has 2 aliphatic heterocycles. The smallest absolute Gasteiger partial charge is 0.339 e. The van der Waals surface area contributed by atoms with E-state index in [1.54, 1.807) is 24.3 Å². The van der Waals surface area contributed by atoms with Crippen molar-refractivity contribution in [3.8, 4) is 11.5 Å². The van der Waals surface area contributed by atoms with Crippen LogP contribution in [0.5, 0.6) is 11.5 Å². The van der Waals surface area contributed by atoms with Crippen LogP contribution >= 0.6 is 0 Å². The van der Waals surface area contributed by atoms with Crippen molar-refractivity contribution in [2.24, 2.45) is 11.8 Å². The molecule has 7 rings (SSSR count). The third-order valence-electron chi connectivity index (χ3n) is 9.54. The van der Waals surface area contributed by atoms with E-state index in [0.29, 0.717) is 25.3 Å². The first-order valence-corrected chi connectivity index (χ1v) is 13.3. The first kappa shape index (κ1) is 23.7. The highest BCUT2D eigenvalue weighted by atomic mass is 16.5. The molecule has 2 aromatic rings. The van der Waals surface area contributed by atoms with Gasteiger partial charge in [-0.05, 0) is 68.3 Å². The number of aliphatic hydroxyl groups is 1. The van der Waals surface area contributed by atoms with Gasteiger partial charge in [-0.1, -0.05) is 18.2 Å². The second-order valence-electron chi connectivity index (χ2n) is 11.4. The Hall–Kier alpha value is -3.43. The number of hydrogen-bond donors (Lipinski definition) is 3. The summed E-state index contributed by atoms with van der Waals surface area (Å²) in [5, 5.41) is 26.1. The van der Waals surface area contributed by atoms with E-state index >= 15 is 0 Å². The standard InChI is InChI=1S/C29H30N2O7/c1-37-27(35)17-4-2-3-5-19(17)30-26(34)18-13-29(36)21-12-16-8-9-20(32)24-22(16)28(29,25(38-24)23(18)33)10-11-31(21)14-15-6-7-15/h2-5,8-9,15,18,21,25,32,36H,6-7,10-14H2,1H3,(H,30,34)/t18?,21-,25+,28+,29-/m1/s1. The molecule has 5 atom stereocenters. The number of piperidine rings is 1. The van der Waals surface area contributed by atoms with Gasteiger partial charge < -0.3 is 25.0 Å². The van der Waals surface area contributed by atoms with Crippen molar-refractivity contribution >= 4 is 23.3 Å². The third-order valence-corrected chi connectivity index (χ3v) is 9.54. The molecule has 3 N–H and O–H groups in total. The van der Waals surface area contributed by atoms with Gasteiger partial charge in [-0.3, -0.25) is 14.5 Å². The molecular weight excluding hydrogens is 488 g/mol. The lowest BCUT2D eigenvalue weighted by Gasteiger charge is -2.63. The number of nitrogens with zero attached hydrogens (tertiary/aromatic N) is 1. The van der Waals surface area contributed by atoms with Gasteiger partial charge in [0.25, 0.3) is 0 Å². The molecule has 198 valence electrons. The Morgan fingerprint density at radius 3 is 2.76 bits per heavy atom. The van der Waals surface area contributed by atoms with Crippen molar-refractivity contribution < 1.29 is 34.1 Å². The molecule has 3 aliphatic carbocycles. The number of hydrogen-bond acceptors (Lipinski definition) is 8. The van der Waals surface area contributed by atoms with E-state index in [1.807, 2.05) is 6.07 Å². The van der Waals surface area contributed by atoms with E-state index in [4.69, 9.17) is 9.47 Å². The number of likely N-dealkylation sites (tertiary alicyclic amines) is 1. The van der Waals surface area contributed by atoms with Crippen LogP contribution in [0.1, 0.15) is 47.2 Å². The predicted octanol–water partition coefficient (Wildman–Crippen LogP) is 2.18. The van der Waals surface area contributed by atoms with Gasteiger partial charge in [0.15, 0.2) is 23.4 Å². The fraction of sp³-hybridized carbons (Fsp3) is 0.483. The molecule has 5 aliphatic rings. The number of Topliss-reactive ketones (excluding diaryl/α,β-unsaturated/α-hetero) is 1. The van der Waals surface area contributed by atoms with Crippen molar-refractivity contribution in [1.29, 1.82) is 0 Å². The van der Waals surface area contributed by atoms with Crippen molar-refractivity contribution in [3.63, 3.8) is 0 Å². The SMILES string of the molecule is COC(=O)c1ccccc1NC(=O)C1C[C@@]2(O)[C@H]3Cc4ccc(O)c5c4[C@@]2(CCN3CC2CC2)[C@@H](O5)C1=O. The van der Waals surface area contributed by atoms with Crippen LogP contribution in [-0.4, -0.2) is 70.7 Å². The highest BCUT2D eigenvalue weighted by Crippen LogP contribution is 2.65. The molecule has 2 aromatic carbocycles. The van der Waals surface area contributed by atoms with E-state index < -0.39 is 40.7 Å². The minimum Gasteiger partial charge on any atom is -0.504 e. The number of phenols is 1. The number of para-hydroxylation sites is 1. The Kier molecular flexibility index (Phi) is 5.01. The minimum absolute atomic E-state index is 0.0573. The van der Waals surface area contributed by atoms with Crippen LogP contribution in [0.15, 0.2) is 36.4 Å². The van der Waals surface area contributed by atoms with Crippen LogP contribution in [-0.2, 0) is 26.2 Å². The number of aromatic hydroxyl groups is 1. The van der Waals surface area contributed by atoms with Crippen molar-refractivity contribution in [2.45, 2.75) is 55.3 Å². The number of nitrogens with one attached hydrogen (secondary N) is 1. The van der Waals surface area contributed by atoms with Crippen LogP contribution < -0.4 is 10.1 Å². The van der Waals surface area contributed by atoms with Crippen LogP contribution in [0.4, 0.5) is 5.69 Å². The molecule has 0 radical (unpaired) electrons. The first-order chi connectivity index (χ1) is 18.3. The van der Waals surface area contributed by atoms with Crippen LogP contribution in [0.25, 0.3) is 0 Å². The number of rotatable bonds is 5. The molecule has 1 unspecified atom stereocenters. The predicted molar refractivity (Wildman–Crippen MR) is 135 cm³/mol. The monoisotopic (exact) mass is 518 g/mol. The Morgan fingerprint density at radius 1 is 1.21 bits per heavy atom. The van der Waals surface area contributed by atoms with Gasteiger partial charge in [0, 0.05) is 18.2 Å². The zero-order valence-corrected chi connectivity index (χ0v) is 21.1. The summed E-state index contributed by atoms with van der Waals surface area (Å²) in [5.74, 6) is -2.01. The lowest BCUT2D eigenvalue weighted by atomic mass is 9.47. The van der Waals surface area contributed by atoms with E-state index in [9.17, 15) is 24.6 Å². The molecule has 0 aromatic heterocycles. The van der Waals surface area contributed by atoms with E-state index in [2.05, 4.69) is 10.2 Å². The summed E-state index contributed by atoms with van der Waals surface area (Å²) in [6, 6.07) is 9.63. The van der Waals surface area contributed by atoms with Crippen molar-refractivity contribution in [1.82, 2.24) is 4.90 Å². The maximum atomic E-state index is 14.0. The lowest BCUT2D eigenvalue weighted by molar-refractivity contribution is -0.197. The van der Waals surface area contributed by atoms with Gasteiger partial charge in [-0.2, -0.15) is 0 Å². The molecule has 1 amide bonds. The summed E-state index contributed by atoms with van der Waals surface area (Å²) in [6.45, 7) is 1.60. The number of esters is 1. The summed E-state index contributed by atoms with van der Waals surface area (Å²) in [7, 11) is 1.26. The van der Waals surface area contributed by atoms with Crippen LogP contribution in [0.3, 0.4) is 0 Å². The maximum absolute atomic E-state index is 14.0. The number of amides is 1. The number of carbonyl (C=O) groups excluding carboxylic acids is 3. The molecular formula is C29H30N2O7. The van der Waals surface area contributed by atoms with E-state index in [1.165, 1.54) is 26.0 Å². The highest BCUT2D eigenvalue weighted by molar-refractivity contribution is 6.12. The number of carbonyl (C=O) groups is 3. The van der Waals surface area contributed by atoms with Gasteiger partial charge in [0.1, 0.15) is 5.92 Å². The van der Waals surface area contributed by atoms with Crippen LogP contribution in [0.2, 0.25) is 0 Å². The Morgan fingerprint density at radius 2 is 2.00 bits per heavy atom. The third kappa shape index (κ3) is 3.03. The normalized spacial score (nSPS) is 32.8. The fourth-order valence-electron chi connectivity index (χ4n) is 7.62. The van der Waals surface area contributed by atoms with Crippen molar-refractivity contribution in [2.75, 3.05) is 25.5 Å². The largest absolute Gasteiger partial charge is 0.504 e. The molecule has 2 saturated carbocycles. The van der Waals surface area contributed by atoms with Gasteiger partial charge in [-0.25, -0.2) is 4.79 Å². The molecule has 38 heavy (non-hydrogen) atoms. The number of benzene rings is 2. The van der Waals surface area contributed by atoms with Crippen molar-refractivity contribution in [3.05, 3.63) is 53.1 Å². The summed E-state index contributed by atoms with van der Waals surface area (Å²) in [6.07, 6.45) is 2.27. The highest BCUT2D eigenvalue weighted by Gasteiger charge is 2.75. The topological polar surface area (TPSA) is 125 Å². The maximum Gasteiger partial charge on any atom is 0.339 e. The lowest BCUT2D eigenvalue weighted by Crippen LogP contribution is -2.78. The molecule has 2 bridgehead atoms. The van der Waals surface area contributed by atoms with Gasteiger partial charge in [0.2, 0.25) is 5.91 Å². The Balaban J connectivity index is 1.30. The molecule has 3 fully saturated rings. The first-order valence-electron chi connectivity index (χ1n) is 13.3. The quantitative estimate of drug-likeness (QED) is 0.406. The Bertz CT molecular complexity index is 1390. The van der Waals surface area contributed by atoms with Gasteiger partial charge >= 0.3 is 5.97 Å². The average Bonchev–Trinajstić information content (AvgIpc) is 3.65. The summed E-state index contributed by atoms with van der Waals surface area (Å²) >= 11 is 0. The molecule has 1 spiro atoms. The Labute approximate surface area is 219 Å². The fourth-order valence-corrected chi connectivity index (χ4v) is 7.62. The number of anilines is 1. The molecule has 9 nitrogen and oxygen atoms in total. The molecule has 1 saturated heterocycles. The number of phenolic OH excluding ortho intramolecular Hbond substituents is 1. The second kappa shape index (κ2) is 8.04. The zero-order chi connectivity index (χ0) is 26.4. The second-order valence-corrected chi connectivity index (χ2v) is 11.4. The van der Waals surface area contributed by atoms with Gasteiger partial charge in [0.05, 0.1) is 29.4 Å².